The van der Waals surface area contributed by atoms with Crippen molar-refractivity contribution in [3.8, 4) is 11.5 Å². The summed E-state index contributed by atoms with van der Waals surface area (Å²) in [6.07, 6.45) is 5.22. The number of hydrogen-bond donors (Lipinski definition) is 1. The van der Waals surface area contributed by atoms with Gasteiger partial charge in [0, 0.05) is 11.3 Å². The van der Waals surface area contributed by atoms with Gasteiger partial charge in [-0.05, 0) is 42.5 Å². The zero-order chi connectivity index (χ0) is 19.6. The average molecular weight is 389 g/mol. The molecule has 2 aromatic carbocycles. The Labute approximate surface area is 169 Å². The fourth-order valence-corrected chi connectivity index (χ4v) is 4.14. The van der Waals surface area contributed by atoms with E-state index in [-0.39, 0.29) is 18.7 Å². The summed E-state index contributed by atoms with van der Waals surface area (Å²) in [5.74, 6) is 1.45. The Kier molecular flexibility index (Phi) is 4.68. The lowest BCUT2D eigenvalue weighted by Crippen LogP contribution is -2.32. The molecule has 0 saturated heterocycles. The van der Waals surface area contributed by atoms with Crippen molar-refractivity contribution in [3.63, 3.8) is 0 Å². The summed E-state index contributed by atoms with van der Waals surface area (Å²) in [6.45, 7) is 0.997. The molecule has 3 aromatic rings. The number of carbonyl (C=O) groups excluding carboxylic acids is 1. The zero-order valence-corrected chi connectivity index (χ0v) is 16.1. The van der Waals surface area contributed by atoms with Crippen molar-refractivity contribution in [1.82, 2.24) is 15.1 Å². The summed E-state index contributed by atoms with van der Waals surface area (Å²) >= 11 is 0. The fourth-order valence-electron chi connectivity index (χ4n) is 4.14. The molecule has 0 radical (unpaired) electrons. The smallest absolute Gasteiger partial charge is 0.231 e. The number of rotatable bonds is 5. The number of aromatic nitrogens is 2. The van der Waals surface area contributed by atoms with Gasteiger partial charge in [-0.25, -0.2) is 0 Å². The van der Waals surface area contributed by atoms with E-state index in [4.69, 9.17) is 9.47 Å². The quantitative estimate of drug-likeness (QED) is 0.726. The predicted molar refractivity (Wildman–Crippen MR) is 108 cm³/mol. The number of nitrogens with zero attached hydrogens (tertiary/aromatic N) is 2. The molecule has 1 N–H and O–H groups in total. The van der Waals surface area contributed by atoms with E-state index in [9.17, 15) is 4.79 Å². The minimum Gasteiger partial charge on any atom is -0.454 e. The highest BCUT2D eigenvalue weighted by molar-refractivity contribution is 5.79. The lowest BCUT2D eigenvalue weighted by molar-refractivity contribution is -0.121. The molecule has 1 amide bonds. The highest BCUT2D eigenvalue weighted by Gasteiger charge is 2.26. The van der Waals surface area contributed by atoms with Crippen LogP contribution in [0.5, 0.6) is 11.5 Å². The highest BCUT2D eigenvalue weighted by atomic mass is 16.7. The van der Waals surface area contributed by atoms with Gasteiger partial charge in [-0.15, -0.1) is 0 Å². The highest BCUT2D eigenvalue weighted by Crippen LogP contribution is 2.33. The molecule has 6 nitrogen and oxygen atoms in total. The molecule has 1 atom stereocenters. The first-order valence-electron chi connectivity index (χ1n) is 10.0. The molecule has 1 aliphatic heterocycles. The van der Waals surface area contributed by atoms with E-state index in [1.165, 1.54) is 11.3 Å². The Morgan fingerprint density at radius 2 is 1.97 bits per heavy atom. The minimum absolute atomic E-state index is 0.0116. The van der Waals surface area contributed by atoms with Crippen molar-refractivity contribution >= 4 is 5.91 Å². The summed E-state index contributed by atoms with van der Waals surface area (Å²) < 4.78 is 12.8. The van der Waals surface area contributed by atoms with Gasteiger partial charge in [0.1, 0.15) is 0 Å². The first kappa shape index (κ1) is 17.8. The van der Waals surface area contributed by atoms with Gasteiger partial charge >= 0.3 is 0 Å². The summed E-state index contributed by atoms with van der Waals surface area (Å²) in [4.78, 5) is 12.7. The van der Waals surface area contributed by atoms with Crippen LogP contribution >= 0.6 is 0 Å². The molecule has 0 bridgehead atoms. The summed E-state index contributed by atoms with van der Waals surface area (Å²) in [5.41, 5.74) is 4.52. The molecule has 148 valence electrons. The van der Waals surface area contributed by atoms with Crippen LogP contribution < -0.4 is 14.8 Å². The Morgan fingerprint density at radius 3 is 2.86 bits per heavy atom. The molecule has 6 heteroatoms. The molecule has 0 unspecified atom stereocenters. The lowest BCUT2D eigenvalue weighted by atomic mass is 9.92. The third-order valence-corrected chi connectivity index (χ3v) is 5.57. The number of nitrogens with one attached hydrogen (secondary N) is 1. The van der Waals surface area contributed by atoms with Crippen LogP contribution in [0.15, 0.2) is 54.7 Å². The summed E-state index contributed by atoms with van der Waals surface area (Å²) in [5, 5.41) is 7.81. The van der Waals surface area contributed by atoms with Crippen LogP contribution in [-0.4, -0.2) is 22.5 Å². The molecular weight excluding hydrogens is 366 g/mol. The number of fused-ring (bicyclic) bond motifs is 2. The summed E-state index contributed by atoms with van der Waals surface area (Å²) in [6, 6.07) is 16.0. The Balaban J connectivity index is 1.27. The van der Waals surface area contributed by atoms with Gasteiger partial charge in [0.2, 0.25) is 12.7 Å². The van der Waals surface area contributed by atoms with Crippen LogP contribution in [0.4, 0.5) is 0 Å². The van der Waals surface area contributed by atoms with Crippen LogP contribution in [0, 0.1) is 0 Å². The van der Waals surface area contributed by atoms with E-state index >= 15 is 0 Å². The number of benzene rings is 2. The molecule has 0 fully saturated rings. The Morgan fingerprint density at radius 1 is 1.10 bits per heavy atom. The third-order valence-electron chi connectivity index (χ3n) is 5.57. The largest absolute Gasteiger partial charge is 0.454 e. The van der Waals surface area contributed by atoms with E-state index in [1.807, 2.05) is 42.6 Å². The van der Waals surface area contributed by atoms with E-state index in [0.717, 1.165) is 42.7 Å². The van der Waals surface area contributed by atoms with Crippen molar-refractivity contribution in [1.29, 1.82) is 0 Å². The van der Waals surface area contributed by atoms with Gasteiger partial charge in [0.25, 0.3) is 0 Å². The van der Waals surface area contributed by atoms with E-state index in [0.29, 0.717) is 12.2 Å². The van der Waals surface area contributed by atoms with Crippen molar-refractivity contribution < 1.29 is 14.3 Å². The molecular formula is C23H23N3O3. The van der Waals surface area contributed by atoms with E-state index in [2.05, 4.69) is 27.2 Å². The first-order valence-corrected chi connectivity index (χ1v) is 10.0. The second kappa shape index (κ2) is 7.62. The number of carbonyl (C=O) groups is 1. The van der Waals surface area contributed by atoms with Crippen molar-refractivity contribution in [2.24, 2.45) is 0 Å². The molecule has 2 heterocycles. The maximum atomic E-state index is 12.7. The Hall–Kier alpha value is -3.28. The number of ether oxygens (including phenoxy) is 2. The minimum atomic E-state index is 0.0116. The first-order chi connectivity index (χ1) is 14.3. The second-order valence-corrected chi connectivity index (χ2v) is 7.57. The second-order valence-electron chi connectivity index (χ2n) is 7.57. The maximum Gasteiger partial charge on any atom is 0.231 e. The Bertz CT molecular complexity index is 1030. The monoisotopic (exact) mass is 389 g/mol. The van der Waals surface area contributed by atoms with E-state index < -0.39 is 0 Å². The molecule has 29 heavy (non-hydrogen) atoms. The van der Waals surface area contributed by atoms with Crippen molar-refractivity contribution in [2.45, 2.75) is 38.3 Å². The molecule has 0 saturated carbocycles. The van der Waals surface area contributed by atoms with Gasteiger partial charge in [-0.2, -0.15) is 5.10 Å². The normalized spacial score (nSPS) is 17.0. The van der Waals surface area contributed by atoms with Crippen molar-refractivity contribution in [2.75, 3.05) is 6.79 Å². The van der Waals surface area contributed by atoms with Crippen LogP contribution in [0.2, 0.25) is 0 Å². The van der Waals surface area contributed by atoms with E-state index in [1.54, 1.807) is 0 Å². The molecule has 0 spiro atoms. The standard InChI is InChI=1S/C23H23N3O3/c27-23(12-17-9-10-21-22(11-17)29-15-28-21)25-19-7-4-8-20-18(19)13-24-26(20)14-16-5-2-1-3-6-16/h1-3,5-6,9-11,13,19H,4,7-8,12,14-15H2,(H,25,27)/t19-/m0/s1. The number of amides is 1. The third kappa shape index (κ3) is 3.70. The van der Waals surface area contributed by atoms with Crippen molar-refractivity contribution in [3.05, 3.63) is 77.1 Å². The van der Waals surface area contributed by atoms with Crippen LogP contribution in [0.1, 0.15) is 41.3 Å². The van der Waals surface area contributed by atoms with Crippen LogP contribution in [0.3, 0.4) is 0 Å². The van der Waals surface area contributed by atoms with Gasteiger partial charge in [0.15, 0.2) is 11.5 Å². The molecule has 1 aromatic heterocycles. The average Bonchev–Trinajstić information content (AvgIpc) is 3.36. The molecule has 5 rings (SSSR count). The zero-order valence-electron chi connectivity index (χ0n) is 16.1. The van der Waals surface area contributed by atoms with Gasteiger partial charge in [-0.3, -0.25) is 9.48 Å². The topological polar surface area (TPSA) is 65.4 Å². The fraction of sp³-hybridized carbons (Fsp3) is 0.304. The SMILES string of the molecule is O=C(Cc1ccc2c(c1)OCO2)N[C@H]1CCCc2c1cnn2Cc1ccccc1. The molecule has 1 aliphatic carbocycles. The predicted octanol–water partition coefficient (Wildman–Crippen LogP) is 3.40. The van der Waals surface area contributed by atoms with Gasteiger partial charge in [0.05, 0.1) is 25.2 Å². The summed E-state index contributed by atoms with van der Waals surface area (Å²) in [7, 11) is 0. The maximum absolute atomic E-state index is 12.7. The molecule has 2 aliphatic rings. The van der Waals surface area contributed by atoms with Crippen LogP contribution in [0.25, 0.3) is 0 Å². The number of hydrogen-bond acceptors (Lipinski definition) is 4. The van der Waals surface area contributed by atoms with Gasteiger partial charge < -0.3 is 14.8 Å². The van der Waals surface area contributed by atoms with Crippen LogP contribution in [-0.2, 0) is 24.2 Å². The lowest BCUT2D eigenvalue weighted by Gasteiger charge is -2.24. The van der Waals surface area contributed by atoms with Gasteiger partial charge in [-0.1, -0.05) is 36.4 Å².